The summed E-state index contributed by atoms with van der Waals surface area (Å²) in [6.07, 6.45) is 24.3. The van der Waals surface area contributed by atoms with Gasteiger partial charge in [0, 0.05) is 10.8 Å². The summed E-state index contributed by atoms with van der Waals surface area (Å²) in [6, 6.07) is 23.3. The molecule has 0 N–H and O–H groups in total. The van der Waals surface area contributed by atoms with Gasteiger partial charge in [-0.15, -0.1) is 0 Å². The predicted octanol–water partition coefficient (Wildman–Crippen LogP) is 13.3. The minimum Gasteiger partial charge on any atom is -0.456 e. The van der Waals surface area contributed by atoms with E-state index in [1.165, 1.54) is 159 Å². The SMILES string of the molecule is CCCCCCCCCCc1ccc2cc3c(cc2c1)oc1cc2cc(CCCCCCCCCC)ccc2cc13. The van der Waals surface area contributed by atoms with Crippen molar-refractivity contribution in [1.82, 2.24) is 0 Å². The van der Waals surface area contributed by atoms with E-state index in [2.05, 4.69) is 74.5 Å². The molecule has 5 rings (SSSR count). The van der Waals surface area contributed by atoms with Crippen molar-refractivity contribution in [2.24, 2.45) is 0 Å². The molecule has 0 radical (unpaired) electrons. The minimum atomic E-state index is 1.01. The van der Waals surface area contributed by atoms with Crippen LogP contribution < -0.4 is 0 Å². The van der Waals surface area contributed by atoms with Crippen LogP contribution in [0, 0.1) is 0 Å². The van der Waals surface area contributed by atoms with Crippen molar-refractivity contribution in [2.45, 2.75) is 129 Å². The third-order valence-electron chi connectivity index (χ3n) is 9.15. The molecule has 1 aromatic heterocycles. The standard InChI is InChI=1S/C40H52O/c1-3-5-7-9-11-13-15-17-19-31-21-23-33-27-37-38-28-34-24-22-32(20-18-16-14-12-10-8-6-4-2)26-36(34)30-40(38)41-39(37)29-35(33)25-31/h21-30H,3-20H2,1-2H3. The molecule has 1 heterocycles. The van der Waals surface area contributed by atoms with Crippen LogP contribution in [-0.4, -0.2) is 0 Å². The van der Waals surface area contributed by atoms with Crippen LogP contribution in [0.3, 0.4) is 0 Å². The van der Waals surface area contributed by atoms with Crippen LogP contribution in [0.5, 0.6) is 0 Å². The van der Waals surface area contributed by atoms with Gasteiger partial charge in [-0.1, -0.05) is 140 Å². The first kappa shape index (κ1) is 29.7. The van der Waals surface area contributed by atoms with Crippen LogP contribution in [0.2, 0.25) is 0 Å². The molecular formula is C40H52O. The molecule has 4 aromatic carbocycles. The van der Waals surface area contributed by atoms with Crippen molar-refractivity contribution in [3.63, 3.8) is 0 Å². The van der Waals surface area contributed by atoms with E-state index in [4.69, 9.17) is 4.42 Å². The Morgan fingerprint density at radius 3 is 1.20 bits per heavy atom. The van der Waals surface area contributed by atoms with Crippen LogP contribution in [-0.2, 0) is 12.8 Å². The molecule has 218 valence electrons. The van der Waals surface area contributed by atoms with Crippen molar-refractivity contribution in [3.05, 3.63) is 71.8 Å². The lowest BCUT2D eigenvalue weighted by molar-refractivity contribution is 0.575. The van der Waals surface area contributed by atoms with E-state index in [1.54, 1.807) is 0 Å². The van der Waals surface area contributed by atoms with Crippen LogP contribution in [0.4, 0.5) is 0 Å². The number of rotatable bonds is 18. The monoisotopic (exact) mass is 548 g/mol. The van der Waals surface area contributed by atoms with Crippen LogP contribution in [0.1, 0.15) is 128 Å². The molecule has 1 nitrogen and oxygen atoms in total. The lowest BCUT2D eigenvalue weighted by Crippen LogP contribution is -1.87. The van der Waals surface area contributed by atoms with Gasteiger partial charge >= 0.3 is 0 Å². The zero-order chi connectivity index (χ0) is 28.3. The average molecular weight is 549 g/mol. The fourth-order valence-electron chi connectivity index (χ4n) is 6.60. The summed E-state index contributed by atoms with van der Waals surface area (Å²) in [6.45, 7) is 4.58. The van der Waals surface area contributed by atoms with Gasteiger partial charge in [0.15, 0.2) is 0 Å². The molecule has 0 aliphatic carbocycles. The summed E-state index contributed by atoms with van der Waals surface area (Å²) < 4.78 is 6.46. The van der Waals surface area contributed by atoms with Gasteiger partial charge in [0.2, 0.25) is 0 Å². The molecule has 41 heavy (non-hydrogen) atoms. The van der Waals surface area contributed by atoms with E-state index < -0.39 is 0 Å². The van der Waals surface area contributed by atoms with Gasteiger partial charge in [0.25, 0.3) is 0 Å². The Balaban J connectivity index is 1.22. The Kier molecular flexibility index (Phi) is 11.2. The molecule has 0 spiro atoms. The molecule has 0 bridgehead atoms. The van der Waals surface area contributed by atoms with Crippen LogP contribution in [0.15, 0.2) is 65.1 Å². The van der Waals surface area contributed by atoms with Crippen LogP contribution >= 0.6 is 0 Å². The zero-order valence-electron chi connectivity index (χ0n) is 25.9. The second-order valence-corrected chi connectivity index (χ2v) is 12.6. The molecule has 0 atom stereocenters. The highest BCUT2D eigenvalue weighted by Gasteiger charge is 2.11. The van der Waals surface area contributed by atoms with Gasteiger partial charge in [-0.25, -0.2) is 0 Å². The largest absolute Gasteiger partial charge is 0.456 e. The minimum absolute atomic E-state index is 1.01. The fourth-order valence-corrected chi connectivity index (χ4v) is 6.60. The Morgan fingerprint density at radius 1 is 0.390 bits per heavy atom. The Bertz CT molecular complexity index is 1410. The van der Waals surface area contributed by atoms with Crippen molar-refractivity contribution in [1.29, 1.82) is 0 Å². The van der Waals surface area contributed by atoms with E-state index in [9.17, 15) is 0 Å². The number of aryl methyl sites for hydroxylation is 2. The van der Waals surface area contributed by atoms with E-state index in [0.29, 0.717) is 0 Å². The molecule has 0 saturated heterocycles. The van der Waals surface area contributed by atoms with Crippen molar-refractivity contribution in [2.75, 3.05) is 0 Å². The van der Waals surface area contributed by atoms with Crippen molar-refractivity contribution in [3.8, 4) is 0 Å². The number of furan rings is 1. The quantitative estimate of drug-likeness (QED) is 0.0992. The first-order valence-corrected chi connectivity index (χ1v) is 17.1. The maximum absolute atomic E-state index is 6.46. The van der Waals surface area contributed by atoms with E-state index in [-0.39, 0.29) is 0 Å². The second-order valence-electron chi connectivity index (χ2n) is 12.6. The van der Waals surface area contributed by atoms with Crippen LogP contribution in [0.25, 0.3) is 43.5 Å². The summed E-state index contributed by atoms with van der Waals surface area (Å²) in [5.74, 6) is 0. The number of hydrogen-bond acceptors (Lipinski definition) is 1. The zero-order valence-corrected chi connectivity index (χ0v) is 25.9. The van der Waals surface area contributed by atoms with Crippen molar-refractivity contribution >= 4 is 43.5 Å². The summed E-state index contributed by atoms with van der Waals surface area (Å²) in [4.78, 5) is 0. The third kappa shape index (κ3) is 8.15. The fraction of sp³-hybridized carbons (Fsp3) is 0.500. The normalized spacial score (nSPS) is 12.0. The molecule has 5 aromatic rings. The topological polar surface area (TPSA) is 13.1 Å². The maximum Gasteiger partial charge on any atom is 0.136 e. The second kappa shape index (κ2) is 15.4. The molecule has 0 unspecified atom stereocenters. The number of unbranched alkanes of at least 4 members (excludes halogenated alkanes) is 14. The molecule has 0 saturated carbocycles. The smallest absolute Gasteiger partial charge is 0.136 e. The van der Waals surface area contributed by atoms with E-state index >= 15 is 0 Å². The number of benzene rings is 4. The third-order valence-corrected chi connectivity index (χ3v) is 9.15. The Hall–Kier alpha value is -2.80. The van der Waals surface area contributed by atoms with Gasteiger partial charge < -0.3 is 4.42 Å². The summed E-state index contributed by atoms with van der Waals surface area (Å²) in [5, 5.41) is 7.67. The van der Waals surface area contributed by atoms with Gasteiger partial charge in [0.05, 0.1) is 0 Å². The highest BCUT2D eigenvalue weighted by Crippen LogP contribution is 2.35. The van der Waals surface area contributed by atoms with Gasteiger partial charge in [0.1, 0.15) is 11.2 Å². The molecule has 1 heteroatoms. The highest BCUT2D eigenvalue weighted by molar-refractivity contribution is 6.13. The van der Waals surface area contributed by atoms with E-state index in [1.807, 2.05) is 0 Å². The first-order valence-electron chi connectivity index (χ1n) is 17.1. The van der Waals surface area contributed by atoms with Gasteiger partial charge in [-0.2, -0.15) is 0 Å². The summed E-state index contributed by atoms with van der Waals surface area (Å²) in [7, 11) is 0. The predicted molar refractivity (Wildman–Crippen MR) is 181 cm³/mol. The van der Waals surface area contributed by atoms with Gasteiger partial charge in [-0.05, 0) is 82.6 Å². The molecule has 0 aliphatic heterocycles. The van der Waals surface area contributed by atoms with E-state index in [0.717, 1.165) is 11.2 Å². The first-order chi connectivity index (χ1) is 20.2. The number of hydrogen-bond donors (Lipinski definition) is 0. The van der Waals surface area contributed by atoms with Gasteiger partial charge in [-0.3, -0.25) is 0 Å². The Labute approximate surface area is 248 Å². The maximum atomic E-state index is 6.46. The Morgan fingerprint density at radius 2 is 0.780 bits per heavy atom. The lowest BCUT2D eigenvalue weighted by atomic mass is 9.98. The van der Waals surface area contributed by atoms with Crippen molar-refractivity contribution < 1.29 is 4.42 Å². The average Bonchev–Trinajstić information content (AvgIpc) is 3.33. The summed E-state index contributed by atoms with van der Waals surface area (Å²) in [5.41, 5.74) is 4.92. The molecular weight excluding hydrogens is 496 g/mol. The molecule has 0 fully saturated rings. The highest BCUT2D eigenvalue weighted by atomic mass is 16.3. The lowest BCUT2D eigenvalue weighted by Gasteiger charge is -2.06. The number of fused-ring (bicyclic) bond motifs is 5. The molecule has 0 aliphatic rings. The molecule has 0 amide bonds. The summed E-state index contributed by atoms with van der Waals surface area (Å²) >= 11 is 0.